The standard InChI is InChI=1S/C24H19FN2O6/c1-9-6-17(29)14-8-13-11(3-4-12-19(13)23(32)27(22(12)31)24(26)33)18(20(14)21(9)30)10-2-5-16(28)15(25)7-10/h2-3,5-7,12-13,18-19,28H,4,8H2,1H3,(H2,26,33)/t12-,13+,18-,19-/m0/s1. The quantitative estimate of drug-likeness (QED) is 0.382. The summed E-state index contributed by atoms with van der Waals surface area (Å²) in [6.07, 6.45) is 3.16. The number of carbonyl (C=O) groups is 5. The zero-order valence-electron chi connectivity index (χ0n) is 17.5. The number of fused-ring (bicyclic) bond motifs is 3. The molecule has 0 aromatic heterocycles. The highest BCUT2D eigenvalue weighted by Gasteiger charge is 2.57. The molecule has 3 N–H and O–H groups in total. The van der Waals surface area contributed by atoms with E-state index in [-0.39, 0.29) is 41.1 Å². The molecule has 33 heavy (non-hydrogen) atoms. The molecule has 1 aromatic carbocycles. The molecule has 168 valence electrons. The van der Waals surface area contributed by atoms with Gasteiger partial charge >= 0.3 is 6.03 Å². The molecule has 4 amide bonds. The van der Waals surface area contributed by atoms with Crippen molar-refractivity contribution in [3.8, 4) is 5.75 Å². The van der Waals surface area contributed by atoms with E-state index in [9.17, 15) is 33.5 Å². The van der Waals surface area contributed by atoms with Gasteiger partial charge in [-0.25, -0.2) is 9.18 Å². The number of likely N-dealkylation sites (tertiary alicyclic amines) is 1. The van der Waals surface area contributed by atoms with E-state index in [1.54, 1.807) is 6.08 Å². The number of urea groups is 1. The number of benzene rings is 1. The third-order valence-electron chi connectivity index (χ3n) is 7.09. The fraction of sp³-hybridized carbons (Fsp3) is 0.292. The molecule has 4 aliphatic rings. The third kappa shape index (κ3) is 2.84. The molecule has 0 saturated carbocycles. The van der Waals surface area contributed by atoms with Crippen molar-refractivity contribution in [3.63, 3.8) is 0 Å². The minimum atomic E-state index is -1.16. The number of halogens is 1. The van der Waals surface area contributed by atoms with E-state index in [1.807, 2.05) is 0 Å². The van der Waals surface area contributed by atoms with Gasteiger partial charge in [0, 0.05) is 22.6 Å². The number of carbonyl (C=O) groups excluding carboxylic acids is 5. The predicted molar refractivity (Wildman–Crippen MR) is 111 cm³/mol. The van der Waals surface area contributed by atoms with Gasteiger partial charge < -0.3 is 10.8 Å². The molecule has 1 fully saturated rings. The molecule has 0 unspecified atom stereocenters. The van der Waals surface area contributed by atoms with Gasteiger partial charge in [0.1, 0.15) is 0 Å². The first-order valence-corrected chi connectivity index (χ1v) is 10.5. The molecule has 1 saturated heterocycles. The van der Waals surface area contributed by atoms with Gasteiger partial charge in [0.05, 0.1) is 11.8 Å². The van der Waals surface area contributed by atoms with Crippen LogP contribution in [0.25, 0.3) is 0 Å². The van der Waals surface area contributed by atoms with E-state index in [0.29, 0.717) is 16.0 Å². The number of nitrogens with zero attached hydrogens (tertiary/aromatic N) is 1. The lowest BCUT2D eigenvalue weighted by Gasteiger charge is -2.42. The van der Waals surface area contributed by atoms with Gasteiger partial charge in [0.25, 0.3) is 0 Å². The van der Waals surface area contributed by atoms with E-state index in [2.05, 4.69) is 0 Å². The molecule has 8 nitrogen and oxygen atoms in total. The van der Waals surface area contributed by atoms with Crippen LogP contribution in [-0.2, 0) is 19.2 Å². The van der Waals surface area contributed by atoms with E-state index in [1.165, 1.54) is 19.1 Å². The summed E-state index contributed by atoms with van der Waals surface area (Å²) in [6.45, 7) is 1.53. The van der Waals surface area contributed by atoms with Crippen molar-refractivity contribution in [1.29, 1.82) is 0 Å². The van der Waals surface area contributed by atoms with Gasteiger partial charge in [-0.2, -0.15) is 4.90 Å². The van der Waals surface area contributed by atoms with Crippen molar-refractivity contribution in [2.75, 3.05) is 0 Å². The minimum absolute atomic E-state index is 0.0410. The monoisotopic (exact) mass is 450 g/mol. The number of phenols is 1. The lowest BCUT2D eigenvalue weighted by molar-refractivity contribution is -0.136. The Morgan fingerprint density at radius 1 is 1.15 bits per heavy atom. The second kappa shape index (κ2) is 7.06. The Labute approximate surface area is 187 Å². The summed E-state index contributed by atoms with van der Waals surface area (Å²) < 4.78 is 14.3. The molecular formula is C24H19FN2O6. The van der Waals surface area contributed by atoms with Crippen molar-refractivity contribution in [2.45, 2.75) is 25.7 Å². The predicted octanol–water partition coefficient (Wildman–Crippen LogP) is 2.04. The number of primary amides is 1. The molecule has 0 bridgehead atoms. The Bertz CT molecular complexity index is 1290. The van der Waals surface area contributed by atoms with E-state index in [0.717, 1.165) is 12.1 Å². The first kappa shape index (κ1) is 21.0. The highest BCUT2D eigenvalue weighted by atomic mass is 19.1. The summed E-state index contributed by atoms with van der Waals surface area (Å²) in [5, 5.41) is 9.65. The average Bonchev–Trinajstić information content (AvgIpc) is 3.03. The molecule has 1 aromatic rings. The SMILES string of the molecule is CC1=CC(=O)C2=C(C1=O)[C@@H](c1ccc(O)c(F)c1)C1=CC[C@@H]3C(=O)N(C(N)=O)C(=O)[C@@H]3[C@@H]1C2. The van der Waals surface area contributed by atoms with Crippen LogP contribution in [0.2, 0.25) is 0 Å². The Morgan fingerprint density at radius 3 is 2.55 bits per heavy atom. The number of phenolic OH excluding ortho intramolecular Hbond substituents is 1. The van der Waals surface area contributed by atoms with Crippen molar-refractivity contribution in [1.82, 2.24) is 4.90 Å². The van der Waals surface area contributed by atoms with Crippen LogP contribution in [0, 0.1) is 23.6 Å². The van der Waals surface area contributed by atoms with Crippen LogP contribution in [-0.4, -0.2) is 39.4 Å². The van der Waals surface area contributed by atoms with Crippen LogP contribution >= 0.6 is 0 Å². The zero-order chi connectivity index (χ0) is 23.8. The molecule has 1 heterocycles. The number of imide groups is 3. The van der Waals surface area contributed by atoms with Crippen LogP contribution in [0.5, 0.6) is 5.75 Å². The van der Waals surface area contributed by atoms with Crippen molar-refractivity contribution in [3.05, 3.63) is 64.0 Å². The van der Waals surface area contributed by atoms with E-state index >= 15 is 0 Å². The maximum absolute atomic E-state index is 14.3. The van der Waals surface area contributed by atoms with E-state index in [4.69, 9.17) is 5.73 Å². The zero-order valence-corrected chi connectivity index (χ0v) is 17.5. The van der Waals surface area contributed by atoms with Crippen LogP contribution in [0.15, 0.2) is 52.6 Å². The van der Waals surface area contributed by atoms with Crippen LogP contribution < -0.4 is 5.73 Å². The van der Waals surface area contributed by atoms with Gasteiger partial charge in [-0.3, -0.25) is 19.2 Å². The number of hydrogen-bond donors (Lipinski definition) is 2. The molecule has 0 radical (unpaired) electrons. The first-order chi connectivity index (χ1) is 15.6. The van der Waals surface area contributed by atoms with Gasteiger partial charge in [-0.15, -0.1) is 0 Å². The molecule has 0 spiro atoms. The van der Waals surface area contributed by atoms with E-state index < -0.39 is 53.1 Å². The normalized spacial score (nSPS) is 28.8. The number of amides is 4. The molecule has 9 heteroatoms. The van der Waals surface area contributed by atoms with Gasteiger partial charge in [-0.05, 0) is 49.5 Å². The van der Waals surface area contributed by atoms with Crippen molar-refractivity contribution >= 4 is 29.4 Å². The summed E-state index contributed by atoms with van der Waals surface area (Å²) in [7, 11) is 0. The second-order valence-corrected chi connectivity index (χ2v) is 8.79. The lowest BCUT2D eigenvalue weighted by atomic mass is 9.59. The minimum Gasteiger partial charge on any atom is -0.505 e. The van der Waals surface area contributed by atoms with Gasteiger partial charge in [-0.1, -0.05) is 17.7 Å². The maximum atomic E-state index is 14.3. The molecule has 4 atom stereocenters. The molecule has 5 rings (SSSR count). The number of aromatic hydroxyl groups is 1. The van der Waals surface area contributed by atoms with Crippen LogP contribution in [0.1, 0.15) is 31.2 Å². The average molecular weight is 450 g/mol. The summed E-state index contributed by atoms with van der Waals surface area (Å²) in [6, 6.07) is 2.57. The second-order valence-electron chi connectivity index (χ2n) is 8.79. The Balaban J connectivity index is 1.70. The Hall–Kier alpha value is -3.88. The third-order valence-corrected chi connectivity index (χ3v) is 7.09. The number of nitrogens with two attached hydrogens (primary N) is 1. The Kier molecular flexibility index (Phi) is 4.49. The van der Waals surface area contributed by atoms with Crippen LogP contribution in [0.3, 0.4) is 0 Å². The number of Topliss-reactive ketones (excluding diaryl/α,β-unsaturated/α-hetero) is 1. The fourth-order valence-corrected chi connectivity index (χ4v) is 5.66. The summed E-state index contributed by atoms with van der Waals surface area (Å²) in [4.78, 5) is 64.0. The topological polar surface area (TPSA) is 135 Å². The maximum Gasteiger partial charge on any atom is 0.328 e. The fourth-order valence-electron chi connectivity index (χ4n) is 5.66. The summed E-state index contributed by atoms with van der Waals surface area (Å²) in [5.41, 5.74) is 6.89. The molecule has 1 aliphatic heterocycles. The summed E-state index contributed by atoms with van der Waals surface area (Å²) >= 11 is 0. The van der Waals surface area contributed by atoms with Crippen molar-refractivity contribution in [2.24, 2.45) is 23.5 Å². The number of allylic oxidation sites excluding steroid dienone is 6. The highest BCUT2D eigenvalue weighted by molar-refractivity contribution is 6.24. The number of rotatable bonds is 1. The molecular weight excluding hydrogens is 431 g/mol. The van der Waals surface area contributed by atoms with Gasteiger partial charge in [0.2, 0.25) is 11.8 Å². The van der Waals surface area contributed by atoms with Crippen molar-refractivity contribution < 1.29 is 33.5 Å². The van der Waals surface area contributed by atoms with Crippen LogP contribution in [0.4, 0.5) is 9.18 Å². The number of hydrogen-bond acceptors (Lipinski definition) is 6. The highest BCUT2D eigenvalue weighted by Crippen LogP contribution is 2.55. The molecule has 3 aliphatic carbocycles. The lowest BCUT2D eigenvalue weighted by Crippen LogP contribution is -2.42. The summed E-state index contributed by atoms with van der Waals surface area (Å²) in [5.74, 6) is -6.78. The largest absolute Gasteiger partial charge is 0.505 e. The first-order valence-electron chi connectivity index (χ1n) is 10.5. The van der Waals surface area contributed by atoms with Gasteiger partial charge in [0.15, 0.2) is 23.1 Å². The Morgan fingerprint density at radius 2 is 1.88 bits per heavy atom. The number of ketones is 2. The smallest absolute Gasteiger partial charge is 0.328 e.